The lowest BCUT2D eigenvalue weighted by atomic mass is 10.1. The third kappa shape index (κ3) is 3.74. The van der Waals surface area contributed by atoms with Crippen molar-refractivity contribution in [3.05, 3.63) is 59.2 Å². The first-order valence-corrected chi connectivity index (χ1v) is 6.87. The third-order valence-electron chi connectivity index (χ3n) is 3.15. The van der Waals surface area contributed by atoms with E-state index in [1.54, 1.807) is 6.07 Å². The molecular formula is C17H18N2O2. The average Bonchev–Trinajstić information content (AvgIpc) is 2.54. The quantitative estimate of drug-likeness (QED) is 0.854. The minimum absolute atomic E-state index is 0.0698. The van der Waals surface area contributed by atoms with Gasteiger partial charge in [0.1, 0.15) is 5.75 Å². The summed E-state index contributed by atoms with van der Waals surface area (Å²) in [5, 5.41) is 21.7. The number of hydrogen-bond donors (Lipinski definition) is 2. The van der Waals surface area contributed by atoms with Crippen molar-refractivity contribution in [1.82, 2.24) is 0 Å². The lowest BCUT2D eigenvalue weighted by Gasteiger charge is -2.12. The van der Waals surface area contributed by atoms with Crippen molar-refractivity contribution < 1.29 is 9.84 Å². The van der Waals surface area contributed by atoms with E-state index in [2.05, 4.69) is 11.4 Å². The van der Waals surface area contributed by atoms with Crippen molar-refractivity contribution in [2.45, 2.75) is 20.1 Å². The second-order valence-electron chi connectivity index (χ2n) is 4.54. The molecular weight excluding hydrogens is 264 g/mol. The number of nitrogens with one attached hydrogen (secondary N) is 1. The number of aliphatic hydroxyl groups is 1. The molecule has 0 aliphatic carbocycles. The van der Waals surface area contributed by atoms with E-state index in [-0.39, 0.29) is 6.61 Å². The molecule has 0 atom stereocenters. The van der Waals surface area contributed by atoms with Crippen molar-refractivity contribution in [2.24, 2.45) is 0 Å². The Morgan fingerprint density at radius 3 is 2.71 bits per heavy atom. The topological polar surface area (TPSA) is 65.3 Å². The number of hydrogen-bond acceptors (Lipinski definition) is 4. The second kappa shape index (κ2) is 7.32. The van der Waals surface area contributed by atoms with Crippen LogP contribution in [0.25, 0.3) is 0 Å². The molecule has 0 bridgehead atoms. The largest absolute Gasteiger partial charge is 0.494 e. The predicted molar refractivity (Wildman–Crippen MR) is 82.0 cm³/mol. The van der Waals surface area contributed by atoms with E-state index in [1.807, 2.05) is 43.3 Å². The van der Waals surface area contributed by atoms with Crippen LogP contribution >= 0.6 is 0 Å². The van der Waals surface area contributed by atoms with Gasteiger partial charge in [0.05, 0.1) is 24.8 Å². The van der Waals surface area contributed by atoms with E-state index in [0.717, 1.165) is 16.8 Å². The fourth-order valence-corrected chi connectivity index (χ4v) is 2.09. The van der Waals surface area contributed by atoms with Crippen molar-refractivity contribution >= 4 is 5.69 Å². The van der Waals surface area contributed by atoms with Crippen molar-refractivity contribution in [2.75, 3.05) is 11.9 Å². The van der Waals surface area contributed by atoms with E-state index in [1.165, 1.54) is 0 Å². The molecule has 0 saturated heterocycles. The lowest BCUT2D eigenvalue weighted by Crippen LogP contribution is -2.03. The van der Waals surface area contributed by atoms with Gasteiger partial charge in [0.2, 0.25) is 0 Å². The van der Waals surface area contributed by atoms with E-state index in [0.29, 0.717) is 24.5 Å². The molecule has 0 spiro atoms. The van der Waals surface area contributed by atoms with Gasteiger partial charge in [0.25, 0.3) is 0 Å². The van der Waals surface area contributed by atoms with E-state index in [9.17, 15) is 5.11 Å². The SMILES string of the molecule is CCOc1ccc(NCc2ccccc2C#N)cc1CO. The van der Waals surface area contributed by atoms with Gasteiger partial charge in [-0.15, -0.1) is 0 Å². The summed E-state index contributed by atoms with van der Waals surface area (Å²) >= 11 is 0. The number of rotatable bonds is 6. The molecule has 0 radical (unpaired) electrons. The van der Waals surface area contributed by atoms with Gasteiger partial charge in [-0.25, -0.2) is 0 Å². The van der Waals surface area contributed by atoms with Crippen LogP contribution < -0.4 is 10.1 Å². The molecule has 4 nitrogen and oxygen atoms in total. The first-order chi connectivity index (χ1) is 10.3. The summed E-state index contributed by atoms with van der Waals surface area (Å²) in [5.41, 5.74) is 3.24. The van der Waals surface area contributed by atoms with Crippen LogP contribution in [-0.4, -0.2) is 11.7 Å². The minimum atomic E-state index is -0.0698. The van der Waals surface area contributed by atoms with Crippen LogP contribution in [0, 0.1) is 11.3 Å². The Labute approximate surface area is 124 Å². The van der Waals surface area contributed by atoms with Gasteiger partial charge < -0.3 is 15.2 Å². The molecule has 0 fully saturated rings. The van der Waals surface area contributed by atoms with Gasteiger partial charge in [0, 0.05) is 17.8 Å². The summed E-state index contributed by atoms with van der Waals surface area (Å²) in [7, 11) is 0. The number of anilines is 1. The second-order valence-corrected chi connectivity index (χ2v) is 4.54. The molecule has 4 heteroatoms. The molecule has 21 heavy (non-hydrogen) atoms. The van der Waals surface area contributed by atoms with Gasteiger partial charge in [-0.05, 0) is 36.8 Å². The monoisotopic (exact) mass is 282 g/mol. The summed E-state index contributed by atoms with van der Waals surface area (Å²) in [4.78, 5) is 0. The fraction of sp³-hybridized carbons (Fsp3) is 0.235. The highest BCUT2D eigenvalue weighted by Gasteiger charge is 2.05. The molecule has 0 aliphatic heterocycles. The molecule has 2 N–H and O–H groups in total. The van der Waals surface area contributed by atoms with Crippen LogP contribution in [0.15, 0.2) is 42.5 Å². The van der Waals surface area contributed by atoms with Gasteiger partial charge >= 0.3 is 0 Å². The normalized spacial score (nSPS) is 9.95. The van der Waals surface area contributed by atoms with E-state index < -0.39 is 0 Å². The maximum atomic E-state index is 9.39. The number of nitrogens with zero attached hydrogens (tertiary/aromatic N) is 1. The Morgan fingerprint density at radius 2 is 2.00 bits per heavy atom. The highest BCUT2D eigenvalue weighted by molar-refractivity contribution is 5.52. The zero-order chi connectivity index (χ0) is 15.1. The van der Waals surface area contributed by atoms with Crippen molar-refractivity contribution in [3.63, 3.8) is 0 Å². The highest BCUT2D eigenvalue weighted by atomic mass is 16.5. The average molecular weight is 282 g/mol. The third-order valence-corrected chi connectivity index (χ3v) is 3.15. The molecule has 0 unspecified atom stereocenters. The van der Waals surface area contributed by atoms with E-state index >= 15 is 0 Å². The molecule has 0 aromatic heterocycles. The summed E-state index contributed by atoms with van der Waals surface area (Å²) in [5.74, 6) is 0.697. The van der Waals surface area contributed by atoms with Crippen LogP contribution in [0.3, 0.4) is 0 Å². The first-order valence-electron chi connectivity index (χ1n) is 6.87. The summed E-state index contributed by atoms with van der Waals surface area (Å²) in [6.45, 7) is 2.96. The number of aliphatic hydroxyl groups excluding tert-OH is 1. The van der Waals surface area contributed by atoms with Gasteiger partial charge in [-0.1, -0.05) is 18.2 Å². The summed E-state index contributed by atoms with van der Waals surface area (Å²) in [6, 6.07) is 15.3. The van der Waals surface area contributed by atoms with Crippen molar-refractivity contribution in [1.29, 1.82) is 5.26 Å². The molecule has 2 aromatic carbocycles. The van der Waals surface area contributed by atoms with Crippen molar-refractivity contribution in [3.8, 4) is 11.8 Å². The van der Waals surface area contributed by atoms with Crippen LogP contribution in [0.1, 0.15) is 23.6 Å². The Morgan fingerprint density at radius 1 is 1.19 bits per heavy atom. The van der Waals surface area contributed by atoms with Crippen LogP contribution in [0.2, 0.25) is 0 Å². The zero-order valence-electron chi connectivity index (χ0n) is 12.0. The molecule has 0 heterocycles. The standard InChI is InChI=1S/C17H18N2O2/c1-2-21-17-8-7-16(9-15(17)12-20)19-11-14-6-4-3-5-13(14)10-18/h3-9,19-20H,2,11-12H2,1H3. The van der Waals surface area contributed by atoms with Crippen LogP contribution in [0.4, 0.5) is 5.69 Å². The molecule has 108 valence electrons. The van der Waals surface area contributed by atoms with Gasteiger partial charge in [-0.3, -0.25) is 0 Å². The summed E-state index contributed by atoms with van der Waals surface area (Å²) in [6.07, 6.45) is 0. The fourth-order valence-electron chi connectivity index (χ4n) is 2.09. The van der Waals surface area contributed by atoms with Gasteiger partial charge in [0.15, 0.2) is 0 Å². The maximum absolute atomic E-state index is 9.39. The van der Waals surface area contributed by atoms with Gasteiger partial charge in [-0.2, -0.15) is 5.26 Å². The molecule has 0 aliphatic rings. The Balaban J connectivity index is 2.12. The number of ether oxygens (including phenoxy) is 1. The molecule has 0 amide bonds. The smallest absolute Gasteiger partial charge is 0.124 e. The van der Waals surface area contributed by atoms with Crippen LogP contribution in [0.5, 0.6) is 5.75 Å². The highest BCUT2D eigenvalue weighted by Crippen LogP contribution is 2.23. The minimum Gasteiger partial charge on any atom is -0.494 e. The molecule has 0 saturated carbocycles. The Hall–Kier alpha value is -2.51. The summed E-state index contributed by atoms with van der Waals surface area (Å²) < 4.78 is 5.45. The first kappa shape index (κ1) is 14.9. The Bertz CT molecular complexity index is 647. The molecule has 2 rings (SSSR count). The maximum Gasteiger partial charge on any atom is 0.124 e. The zero-order valence-corrected chi connectivity index (χ0v) is 12.0. The van der Waals surface area contributed by atoms with Crippen LogP contribution in [-0.2, 0) is 13.2 Å². The predicted octanol–water partition coefficient (Wildman–Crippen LogP) is 3.06. The molecule has 2 aromatic rings. The number of nitriles is 1. The Kier molecular flexibility index (Phi) is 5.19. The lowest BCUT2D eigenvalue weighted by molar-refractivity contribution is 0.267. The number of benzene rings is 2. The van der Waals surface area contributed by atoms with E-state index in [4.69, 9.17) is 10.00 Å².